The molecule has 0 unspecified atom stereocenters. The van der Waals surface area contributed by atoms with Gasteiger partial charge >= 0.3 is 6.61 Å². The van der Waals surface area contributed by atoms with Crippen LogP contribution in [0, 0.1) is 0 Å². The number of amides is 1. The van der Waals surface area contributed by atoms with Crippen molar-refractivity contribution in [3.8, 4) is 5.75 Å². The number of hydrogen-bond donors (Lipinski definition) is 1. The Hall–Kier alpha value is -2.48. The number of benzene rings is 2. The maximum Gasteiger partial charge on any atom is 0.387 e. The van der Waals surface area contributed by atoms with E-state index >= 15 is 0 Å². The van der Waals surface area contributed by atoms with Gasteiger partial charge in [-0.25, -0.2) is 8.42 Å². The normalized spacial score (nSPS) is 12.7. The van der Waals surface area contributed by atoms with Gasteiger partial charge in [-0.1, -0.05) is 12.1 Å². The van der Waals surface area contributed by atoms with Gasteiger partial charge in [0.2, 0.25) is 0 Å². The molecule has 2 aromatic carbocycles. The van der Waals surface area contributed by atoms with Crippen LogP contribution < -0.4 is 10.1 Å². The minimum absolute atomic E-state index is 0.0358. The van der Waals surface area contributed by atoms with Crippen LogP contribution in [0.5, 0.6) is 5.75 Å². The van der Waals surface area contributed by atoms with Crippen LogP contribution in [0.2, 0.25) is 0 Å². The molecule has 0 saturated carbocycles. The fourth-order valence-electron chi connectivity index (χ4n) is 2.15. The fourth-order valence-corrected chi connectivity index (χ4v) is 2.79. The van der Waals surface area contributed by atoms with E-state index in [-0.39, 0.29) is 22.6 Å². The lowest BCUT2D eigenvalue weighted by molar-refractivity contribution is -0.0498. The number of halogens is 2. The number of hydrogen-bond acceptors (Lipinski definition) is 4. The molecule has 0 bridgehead atoms. The molecule has 0 aromatic heterocycles. The van der Waals surface area contributed by atoms with Crippen molar-refractivity contribution < 1.29 is 26.7 Å². The first-order chi connectivity index (χ1) is 11.7. The van der Waals surface area contributed by atoms with Crippen molar-refractivity contribution in [1.29, 1.82) is 0 Å². The van der Waals surface area contributed by atoms with E-state index in [2.05, 4.69) is 10.1 Å². The zero-order valence-corrected chi connectivity index (χ0v) is 14.4. The van der Waals surface area contributed by atoms with Crippen LogP contribution in [0.4, 0.5) is 8.78 Å². The van der Waals surface area contributed by atoms with E-state index in [1.54, 1.807) is 19.1 Å². The van der Waals surface area contributed by atoms with Crippen molar-refractivity contribution in [3.05, 3.63) is 59.7 Å². The highest BCUT2D eigenvalue weighted by molar-refractivity contribution is 7.90. The van der Waals surface area contributed by atoms with E-state index in [0.717, 1.165) is 6.26 Å². The molecule has 0 heterocycles. The summed E-state index contributed by atoms with van der Waals surface area (Å²) < 4.78 is 51.3. The molecule has 1 atom stereocenters. The Labute approximate surface area is 144 Å². The molecule has 2 rings (SSSR count). The van der Waals surface area contributed by atoms with Crippen LogP contribution in [0.25, 0.3) is 0 Å². The summed E-state index contributed by atoms with van der Waals surface area (Å²) in [6.07, 6.45) is 1.09. The molecule has 0 aliphatic rings. The van der Waals surface area contributed by atoms with Crippen molar-refractivity contribution in [2.45, 2.75) is 24.5 Å². The molecule has 1 amide bonds. The maximum atomic E-state index is 12.2. The molecule has 0 aliphatic heterocycles. The van der Waals surface area contributed by atoms with Crippen LogP contribution in [0.3, 0.4) is 0 Å². The molecule has 5 nitrogen and oxygen atoms in total. The number of nitrogens with one attached hydrogen (secondary N) is 1. The van der Waals surface area contributed by atoms with Crippen LogP contribution in [0.15, 0.2) is 53.4 Å². The van der Waals surface area contributed by atoms with Gasteiger partial charge in [0.05, 0.1) is 10.9 Å². The van der Waals surface area contributed by atoms with Gasteiger partial charge in [-0.3, -0.25) is 4.79 Å². The Balaban J connectivity index is 2.04. The molecular weight excluding hydrogens is 352 g/mol. The highest BCUT2D eigenvalue weighted by atomic mass is 32.2. The lowest BCUT2D eigenvalue weighted by Crippen LogP contribution is -2.26. The molecule has 0 aliphatic carbocycles. The van der Waals surface area contributed by atoms with Crippen molar-refractivity contribution in [3.63, 3.8) is 0 Å². The topological polar surface area (TPSA) is 72.5 Å². The third-order valence-corrected chi connectivity index (χ3v) is 4.63. The van der Waals surface area contributed by atoms with E-state index in [9.17, 15) is 22.0 Å². The van der Waals surface area contributed by atoms with Gasteiger partial charge in [0.15, 0.2) is 9.84 Å². The molecule has 25 heavy (non-hydrogen) atoms. The number of rotatable bonds is 6. The predicted octanol–water partition coefficient (Wildman–Crippen LogP) is 3.18. The quantitative estimate of drug-likeness (QED) is 0.849. The van der Waals surface area contributed by atoms with Crippen molar-refractivity contribution in [2.24, 2.45) is 0 Å². The van der Waals surface area contributed by atoms with Gasteiger partial charge in [-0.05, 0) is 48.9 Å². The number of alkyl halides is 2. The highest BCUT2D eigenvalue weighted by Gasteiger charge is 2.13. The summed E-state index contributed by atoms with van der Waals surface area (Å²) in [5, 5.41) is 2.75. The number of ether oxygens (including phenoxy) is 1. The number of sulfone groups is 1. The van der Waals surface area contributed by atoms with Gasteiger partial charge in [-0.15, -0.1) is 0 Å². The minimum Gasteiger partial charge on any atom is -0.435 e. The predicted molar refractivity (Wildman–Crippen MR) is 88.5 cm³/mol. The largest absolute Gasteiger partial charge is 0.435 e. The van der Waals surface area contributed by atoms with Crippen molar-refractivity contribution in [1.82, 2.24) is 5.32 Å². The summed E-state index contributed by atoms with van der Waals surface area (Å²) >= 11 is 0. The zero-order chi connectivity index (χ0) is 18.6. The molecular formula is C17H17F2NO4S. The van der Waals surface area contributed by atoms with Gasteiger partial charge in [-0.2, -0.15) is 8.78 Å². The van der Waals surface area contributed by atoms with E-state index in [0.29, 0.717) is 11.1 Å². The Morgan fingerprint density at radius 1 is 1.04 bits per heavy atom. The standard InChI is InChI=1S/C17H17F2NO4S/c1-11(12-3-7-14(8-4-12)24-17(18)19)20-16(21)13-5-9-15(10-6-13)25(2,22)23/h3-11,17H,1-2H3,(H,20,21)/t11-/m0/s1. The van der Waals surface area contributed by atoms with E-state index < -0.39 is 16.4 Å². The summed E-state index contributed by atoms with van der Waals surface area (Å²) in [4.78, 5) is 12.3. The molecule has 0 saturated heterocycles. The van der Waals surface area contributed by atoms with Gasteiger partial charge in [0.25, 0.3) is 5.91 Å². The van der Waals surface area contributed by atoms with Crippen LogP contribution in [-0.2, 0) is 9.84 Å². The van der Waals surface area contributed by atoms with Crippen molar-refractivity contribution >= 4 is 15.7 Å². The van der Waals surface area contributed by atoms with Gasteiger partial charge in [0, 0.05) is 11.8 Å². The van der Waals surface area contributed by atoms with Crippen LogP contribution >= 0.6 is 0 Å². The molecule has 0 spiro atoms. The number of carbonyl (C=O) groups excluding carboxylic acids is 1. The molecule has 134 valence electrons. The second kappa shape index (κ2) is 7.60. The van der Waals surface area contributed by atoms with E-state index in [1.807, 2.05) is 0 Å². The van der Waals surface area contributed by atoms with Crippen LogP contribution in [-0.4, -0.2) is 27.2 Å². The summed E-state index contributed by atoms with van der Waals surface area (Å²) in [5.41, 5.74) is 1.03. The van der Waals surface area contributed by atoms with E-state index in [1.165, 1.54) is 36.4 Å². The van der Waals surface area contributed by atoms with Gasteiger partial charge < -0.3 is 10.1 Å². The second-order valence-corrected chi connectivity index (χ2v) is 7.45. The molecule has 0 fully saturated rings. The third-order valence-electron chi connectivity index (χ3n) is 3.50. The second-order valence-electron chi connectivity index (χ2n) is 5.44. The van der Waals surface area contributed by atoms with Crippen molar-refractivity contribution in [2.75, 3.05) is 6.26 Å². The minimum atomic E-state index is -3.32. The molecule has 0 radical (unpaired) electrons. The Morgan fingerprint density at radius 3 is 2.08 bits per heavy atom. The summed E-state index contributed by atoms with van der Waals surface area (Å²) in [6, 6.07) is 11.2. The molecule has 2 aromatic rings. The fraction of sp³-hybridized carbons (Fsp3) is 0.235. The lowest BCUT2D eigenvalue weighted by atomic mass is 10.1. The third kappa shape index (κ3) is 5.25. The zero-order valence-electron chi connectivity index (χ0n) is 13.6. The monoisotopic (exact) mass is 369 g/mol. The maximum absolute atomic E-state index is 12.2. The summed E-state index contributed by atoms with van der Waals surface area (Å²) in [7, 11) is -3.32. The Kier molecular flexibility index (Phi) is 5.73. The first-order valence-corrected chi connectivity index (χ1v) is 9.21. The average molecular weight is 369 g/mol. The SMILES string of the molecule is C[C@H](NC(=O)c1ccc(S(C)(=O)=O)cc1)c1ccc(OC(F)F)cc1. The first kappa shape index (κ1) is 18.9. The smallest absolute Gasteiger partial charge is 0.387 e. The summed E-state index contributed by atoms with van der Waals surface area (Å²) in [6.45, 7) is -1.15. The Morgan fingerprint density at radius 2 is 1.60 bits per heavy atom. The van der Waals surface area contributed by atoms with Gasteiger partial charge in [0.1, 0.15) is 5.75 Å². The number of carbonyl (C=O) groups is 1. The Bertz CT molecular complexity index is 834. The molecule has 8 heteroatoms. The first-order valence-electron chi connectivity index (χ1n) is 7.32. The van der Waals surface area contributed by atoms with Crippen LogP contribution in [0.1, 0.15) is 28.9 Å². The average Bonchev–Trinajstić information content (AvgIpc) is 2.54. The highest BCUT2D eigenvalue weighted by Crippen LogP contribution is 2.19. The molecule has 1 N–H and O–H groups in total. The summed E-state index contributed by atoms with van der Waals surface area (Å²) in [5.74, 6) is -0.339. The van der Waals surface area contributed by atoms with E-state index in [4.69, 9.17) is 0 Å². The lowest BCUT2D eigenvalue weighted by Gasteiger charge is -2.15.